The summed E-state index contributed by atoms with van der Waals surface area (Å²) in [4.78, 5) is 26.8. The summed E-state index contributed by atoms with van der Waals surface area (Å²) in [6, 6.07) is 5.63. The highest BCUT2D eigenvalue weighted by molar-refractivity contribution is 5.91. The number of hydrogen-bond acceptors (Lipinski definition) is 7. The van der Waals surface area contributed by atoms with Crippen LogP contribution in [0, 0.1) is 11.8 Å². The lowest BCUT2D eigenvalue weighted by Gasteiger charge is -2.14. The van der Waals surface area contributed by atoms with Gasteiger partial charge in [0.1, 0.15) is 23.4 Å². The average Bonchev–Trinajstić information content (AvgIpc) is 3.53. The molecule has 0 bridgehead atoms. The van der Waals surface area contributed by atoms with Crippen LogP contribution in [0.2, 0.25) is 0 Å². The summed E-state index contributed by atoms with van der Waals surface area (Å²) < 4.78 is 7.58. The Kier molecular flexibility index (Phi) is 5.05. The third-order valence-corrected chi connectivity index (χ3v) is 5.74. The van der Waals surface area contributed by atoms with E-state index in [-0.39, 0.29) is 17.9 Å². The normalized spacial score (nSPS) is 15.8. The van der Waals surface area contributed by atoms with Crippen molar-refractivity contribution in [1.82, 2.24) is 29.6 Å². The second-order valence-corrected chi connectivity index (χ2v) is 8.32. The number of amides is 1. The molecule has 1 atom stereocenters. The van der Waals surface area contributed by atoms with Crippen LogP contribution in [-0.4, -0.2) is 48.6 Å². The summed E-state index contributed by atoms with van der Waals surface area (Å²) in [7, 11) is 0. The van der Waals surface area contributed by atoms with Crippen LogP contribution in [0.3, 0.4) is 0 Å². The highest BCUT2D eigenvalue weighted by Gasteiger charge is 2.29. The van der Waals surface area contributed by atoms with Crippen LogP contribution in [0.4, 0.5) is 5.82 Å². The fraction of sp³-hybridized carbons (Fsp3) is 0.292. The van der Waals surface area contributed by atoms with Crippen LogP contribution in [0.25, 0.3) is 22.1 Å². The number of fused-ring (bicyclic) bond motifs is 2. The van der Waals surface area contributed by atoms with Crippen molar-refractivity contribution in [2.24, 2.45) is 0 Å². The summed E-state index contributed by atoms with van der Waals surface area (Å²) in [5.41, 5.74) is 9.56. The number of rotatable bonds is 3. The van der Waals surface area contributed by atoms with Crippen molar-refractivity contribution in [3.63, 3.8) is 0 Å². The Morgan fingerprint density at radius 3 is 2.97 bits per heavy atom. The zero-order valence-corrected chi connectivity index (χ0v) is 18.4. The molecule has 1 saturated heterocycles. The minimum atomic E-state index is -0.0908. The van der Waals surface area contributed by atoms with Gasteiger partial charge in [0.25, 0.3) is 0 Å². The lowest BCUT2D eigenvalue weighted by Crippen LogP contribution is -2.27. The summed E-state index contributed by atoms with van der Waals surface area (Å²) in [6.07, 6.45) is 3.50. The molecule has 3 aromatic heterocycles. The van der Waals surface area contributed by atoms with Gasteiger partial charge in [-0.3, -0.25) is 4.79 Å². The first-order valence-corrected chi connectivity index (χ1v) is 10.8. The highest BCUT2D eigenvalue weighted by Crippen LogP contribution is 2.28. The van der Waals surface area contributed by atoms with E-state index in [1.54, 1.807) is 4.90 Å². The van der Waals surface area contributed by atoms with E-state index < -0.39 is 0 Å². The van der Waals surface area contributed by atoms with E-state index in [1.807, 2.05) is 36.7 Å². The van der Waals surface area contributed by atoms with Gasteiger partial charge in [-0.15, -0.1) is 0 Å². The minimum Gasteiger partial charge on any atom is -0.440 e. The van der Waals surface area contributed by atoms with Gasteiger partial charge < -0.3 is 15.1 Å². The molecule has 2 N–H and O–H groups in total. The van der Waals surface area contributed by atoms with Crippen LogP contribution < -0.4 is 5.73 Å². The van der Waals surface area contributed by atoms with Crippen LogP contribution in [0.1, 0.15) is 49.4 Å². The lowest BCUT2D eigenvalue weighted by atomic mass is 10.2. The highest BCUT2D eigenvalue weighted by atomic mass is 16.3. The van der Waals surface area contributed by atoms with Gasteiger partial charge in [-0.2, -0.15) is 5.10 Å². The number of nitrogens with two attached hydrogens (primary N) is 1. The predicted molar refractivity (Wildman–Crippen MR) is 124 cm³/mol. The van der Waals surface area contributed by atoms with Crippen molar-refractivity contribution >= 4 is 33.9 Å². The molecule has 33 heavy (non-hydrogen) atoms. The molecule has 1 aliphatic heterocycles. The van der Waals surface area contributed by atoms with Crippen LogP contribution in [-0.2, 0) is 4.79 Å². The Labute approximate surface area is 190 Å². The number of carbonyl (C=O) groups is 1. The SMILES string of the molecule is C=CC(=O)N1CC[C@H](n2nc(C#Cc3ccc4oc(C(C)C)nc4c3)c3c(N)ncnc32)C1. The smallest absolute Gasteiger partial charge is 0.246 e. The summed E-state index contributed by atoms with van der Waals surface area (Å²) >= 11 is 0. The Balaban J connectivity index is 1.52. The first kappa shape index (κ1) is 20.7. The van der Waals surface area contributed by atoms with Gasteiger partial charge >= 0.3 is 0 Å². The van der Waals surface area contributed by atoms with Gasteiger partial charge in [0.15, 0.2) is 17.1 Å². The summed E-state index contributed by atoms with van der Waals surface area (Å²) in [6.45, 7) is 8.81. The standard InChI is InChI=1S/C24H23N7O2/c1-4-20(32)30-10-9-16(12-30)31-23-21(22(25)26-13-27-23)17(29-31)7-5-15-6-8-19-18(11-15)28-24(33-19)14(2)3/h4,6,8,11,13-14,16H,1,9-10,12H2,2-3H3,(H2,25,26,27)/t16-/m0/s1. The van der Waals surface area contributed by atoms with Crippen molar-refractivity contribution in [2.75, 3.05) is 18.8 Å². The molecular formula is C24H23N7O2. The number of carbonyl (C=O) groups excluding carboxylic acids is 1. The molecule has 0 saturated carbocycles. The number of likely N-dealkylation sites (tertiary alicyclic amines) is 1. The molecule has 9 heteroatoms. The Morgan fingerprint density at radius 2 is 2.18 bits per heavy atom. The number of hydrogen-bond donors (Lipinski definition) is 1. The maximum Gasteiger partial charge on any atom is 0.246 e. The molecular weight excluding hydrogens is 418 g/mol. The fourth-order valence-electron chi connectivity index (χ4n) is 4.01. The molecule has 0 radical (unpaired) electrons. The van der Waals surface area contributed by atoms with Crippen LogP contribution >= 0.6 is 0 Å². The second kappa shape index (κ2) is 8.06. The third-order valence-electron chi connectivity index (χ3n) is 5.74. The van der Waals surface area contributed by atoms with Crippen molar-refractivity contribution in [3.05, 3.63) is 54.3 Å². The third kappa shape index (κ3) is 3.69. The summed E-state index contributed by atoms with van der Waals surface area (Å²) in [5.74, 6) is 7.42. The summed E-state index contributed by atoms with van der Waals surface area (Å²) in [5, 5.41) is 5.33. The number of benzene rings is 1. The van der Waals surface area contributed by atoms with E-state index in [4.69, 9.17) is 15.2 Å². The molecule has 1 aliphatic rings. The molecule has 0 unspecified atom stereocenters. The topological polar surface area (TPSA) is 116 Å². The number of oxazole rings is 1. The molecule has 9 nitrogen and oxygen atoms in total. The number of nitrogens with zero attached hydrogens (tertiary/aromatic N) is 6. The van der Waals surface area contributed by atoms with Crippen molar-refractivity contribution in [2.45, 2.75) is 32.2 Å². The van der Waals surface area contributed by atoms with Gasteiger partial charge in [0, 0.05) is 24.6 Å². The van der Waals surface area contributed by atoms with Gasteiger partial charge in [-0.1, -0.05) is 26.3 Å². The monoisotopic (exact) mass is 441 g/mol. The Hall–Kier alpha value is -4.19. The van der Waals surface area contributed by atoms with Crippen molar-refractivity contribution in [3.8, 4) is 11.8 Å². The molecule has 4 aromatic rings. The maximum absolute atomic E-state index is 12.0. The van der Waals surface area contributed by atoms with Crippen molar-refractivity contribution < 1.29 is 9.21 Å². The molecule has 1 amide bonds. The molecule has 0 aliphatic carbocycles. The van der Waals surface area contributed by atoms with E-state index in [0.29, 0.717) is 41.5 Å². The zero-order valence-electron chi connectivity index (χ0n) is 18.4. The first-order valence-electron chi connectivity index (χ1n) is 10.8. The van der Waals surface area contributed by atoms with E-state index in [9.17, 15) is 4.79 Å². The van der Waals surface area contributed by atoms with Gasteiger partial charge in [0.2, 0.25) is 5.91 Å². The minimum absolute atomic E-state index is 0.0258. The molecule has 166 valence electrons. The largest absolute Gasteiger partial charge is 0.440 e. The number of nitrogen functional groups attached to an aromatic ring is 1. The number of aromatic nitrogens is 5. The fourth-order valence-corrected chi connectivity index (χ4v) is 4.01. The molecule has 0 spiro atoms. The molecule has 4 heterocycles. The van der Waals surface area contributed by atoms with Gasteiger partial charge in [0.05, 0.1) is 11.4 Å². The van der Waals surface area contributed by atoms with Gasteiger partial charge in [-0.25, -0.2) is 19.6 Å². The Morgan fingerprint density at radius 1 is 1.33 bits per heavy atom. The maximum atomic E-state index is 12.0. The number of anilines is 1. The quantitative estimate of drug-likeness (QED) is 0.384. The van der Waals surface area contributed by atoms with E-state index in [0.717, 1.165) is 23.1 Å². The average molecular weight is 441 g/mol. The zero-order chi connectivity index (χ0) is 23.1. The predicted octanol–water partition coefficient (Wildman–Crippen LogP) is 3.03. The van der Waals surface area contributed by atoms with E-state index in [1.165, 1.54) is 12.4 Å². The second-order valence-electron chi connectivity index (χ2n) is 8.32. The van der Waals surface area contributed by atoms with Crippen molar-refractivity contribution in [1.29, 1.82) is 0 Å². The van der Waals surface area contributed by atoms with Crippen LogP contribution in [0.5, 0.6) is 0 Å². The molecule has 1 fully saturated rings. The van der Waals surface area contributed by atoms with E-state index in [2.05, 4.69) is 33.4 Å². The lowest BCUT2D eigenvalue weighted by molar-refractivity contribution is -0.125. The molecule has 5 rings (SSSR count). The molecule has 1 aromatic carbocycles. The van der Waals surface area contributed by atoms with Crippen LogP contribution in [0.15, 0.2) is 41.6 Å². The van der Waals surface area contributed by atoms with Gasteiger partial charge in [-0.05, 0) is 36.6 Å². The van der Waals surface area contributed by atoms with E-state index >= 15 is 0 Å². The first-order chi connectivity index (χ1) is 15.9. The Bertz CT molecular complexity index is 1450.